The Kier molecular flexibility index (Phi) is 4.20. The van der Waals surface area contributed by atoms with Gasteiger partial charge in [-0.2, -0.15) is 5.10 Å². The van der Waals surface area contributed by atoms with Gasteiger partial charge in [0.1, 0.15) is 12.7 Å². The van der Waals surface area contributed by atoms with E-state index in [1.165, 1.54) is 6.33 Å². The zero-order chi connectivity index (χ0) is 15.5. The van der Waals surface area contributed by atoms with E-state index in [9.17, 15) is 4.79 Å². The molecule has 1 aliphatic rings. The van der Waals surface area contributed by atoms with E-state index >= 15 is 0 Å². The Hall–Kier alpha value is -2.21. The highest BCUT2D eigenvalue weighted by atomic mass is 16.2. The predicted molar refractivity (Wildman–Crippen MR) is 83.6 cm³/mol. The number of benzene rings is 1. The van der Waals surface area contributed by atoms with Crippen LogP contribution >= 0.6 is 0 Å². The summed E-state index contributed by atoms with van der Waals surface area (Å²) in [6.45, 7) is 3.58. The minimum atomic E-state index is 0.0792. The summed E-state index contributed by atoms with van der Waals surface area (Å²) in [5, 5.41) is 4.08. The fraction of sp³-hybridized carbons (Fsp3) is 0.438. The van der Waals surface area contributed by atoms with E-state index < -0.39 is 0 Å². The Morgan fingerprint density at radius 3 is 2.77 bits per heavy atom. The molecule has 2 atom stereocenters. The summed E-state index contributed by atoms with van der Waals surface area (Å²) in [6.07, 6.45) is 5.25. The molecule has 6 heteroatoms. The van der Waals surface area contributed by atoms with E-state index in [4.69, 9.17) is 5.73 Å². The van der Waals surface area contributed by atoms with Gasteiger partial charge in [0, 0.05) is 24.7 Å². The number of aromatic nitrogens is 3. The van der Waals surface area contributed by atoms with Gasteiger partial charge in [0.2, 0.25) is 0 Å². The van der Waals surface area contributed by atoms with Gasteiger partial charge in [-0.3, -0.25) is 4.79 Å². The van der Waals surface area contributed by atoms with Crippen molar-refractivity contribution in [2.45, 2.75) is 25.8 Å². The average molecular weight is 299 g/mol. The molecule has 2 aromatic rings. The summed E-state index contributed by atoms with van der Waals surface area (Å²) in [5.41, 5.74) is 7.58. The van der Waals surface area contributed by atoms with Crippen molar-refractivity contribution in [3.8, 4) is 5.69 Å². The molecule has 6 nitrogen and oxygen atoms in total. The molecular weight excluding hydrogens is 278 g/mol. The molecule has 3 rings (SSSR count). The number of nitrogens with zero attached hydrogens (tertiary/aromatic N) is 4. The summed E-state index contributed by atoms with van der Waals surface area (Å²) >= 11 is 0. The number of piperidine rings is 1. The molecule has 0 aliphatic carbocycles. The summed E-state index contributed by atoms with van der Waals surface area (Å²) in [6, 6.07) is 7.58. The predicted octanol–water partition coefficient (Wildman–Crippen LogP) is 1.47. The van der Waals surface area contributed by atoms with Crippen molar-refractivity contribution in [1.82, 2.24) is 19.7 Å². The summed E-state index contributed by atoms with van der Waals surface area (Å²) in [4.78, 5) is 18.5. The van der Waals surface area contributed by atoms with Crippen LogP contribution in [-0.2, 0) is 0 Å². The molecule has 0 saturated carbocycles. The molecule has 0 bridgehead atoms. The second kappa shape index (κ2) is 6.27. The third-order valence-electron chi connectivity index (χ3n) is 4.29. The Balaban J connectivity index is 1.72. The first-order chi connectivity index (χ1) is 10.6. The largest absolute Gasteiger partial charge is 0.338 e. The lowest BCUT2D eigenvalue weighted by atomic mass is 9.92. The number of amides is 1. The minimum absolute atomic E-state index is 0.0792. The molecule has 1 saturated heterocycles. The maximum Gasteiger partial charge on any atom is 0.253 e. The highest BCUT2D eigenvalue weighted by Gasteiger charge is 2.26. The average Bonchev–Trinajstić information content (AvgIpc) is 3.09. The van der Waals surface area contributed by atoms with Crippen LogP contribution in [0.3, 0.4) is 0 Å². The molecular formula is C16H21N5O. The zero-order valence-corrected chi connectivity index (χ0v) is 12.7. The van der Waals surface area contributed by atoms with Crippen LogP contribution < -0.4 is 5.73 Å². The van der Waals surface area contributed by atoms with Gasteiger partial charge in [-0.15, -0.1) is 0 Å². The van der Waals surface area contributed by atoms with Crippen LogP contribution in [0.4, 0.5) is 0 Å². The first kappa shape index (κ1) is 14.7. The normalized spacial score (nSPS) is 19.9. The van der Waals surface area contributed by atoms with Crippen LogP contribution in [0, 0.1) is 5.92 Å². The van der Waals surface area contributed by atoms with Crippen molar-refractivity contribution in [1.29, 1.82) is 0 Å². The third kappa shape index (κ3) is 3.01. The molecule has 2 heterocycles. The van der Waals surface area contributed by atoms with E-state index in [1.807, 2.05) is 36.1 Å². The lowest BCUT2D eigenvalue weighted by molar-refractivity contribution is 0.0661. The first-order valence-electron chi connectivity index (χ1n) is 7.65. The topological polar surface area (TPSA) is 77.0 Å². The monoisotopic (exact) mass is 299 g/mol. The van der Waals surface area contributed by atoms with Crippen LogP contribution in [0.5, 0.6) is 0 Å². The fourth-order valence-electron chi connectivity index (χ4n) is 2.90. The second-order valence-corrected chi connectivity index (χ2v) is 5.90. The Bertz CT molecular complexity index is 620. The number of nitrogens with two attached hydrogens (primary N) is 1. The van der Waals surface area contributed by atoms with Crippen molar-refractivity contribution in [3.63, 3.8) is 0 Å². The van der Waals surface area contributed by atoms with Gasteiger partial charge in [0.05, 0.1) is 5.69 Å². The van der Waals surface area contributed by atoms with Crippen LogP contribution in [0.2, 0.25) is 0 Å². The van der Waals surface area contributed by atoms with Crippen LogP contribution in [0.25, 0.3) is 5.69 Å². The Labute approximate surface area is 129 Å². The number of likely N-dealkylation sites (tertiary alicyclic amines) is 1. The molecule has 1 amide bonds. The van der Waals surface area contributed by atoms with Gasteiger partial charge >= 0.3 is 0 Å². The molecule has 22 heavy (non-hydrogen) atoms. The van der Waals surface area contributed by atoms with Gasteiger partial charge < -0.3 is 10.6 Å². The van der Waals surface area contributed by atoms with E-state index in [-0.39, 0.29) is 11.9 Å². The molecule has 1 aliphatic heterocycles. The molecule has 1 fully saturated rings. The maximum absolute atomic E-state index is 12.6. The smallest absolute Gasteiger partial charge is 0.253 e. The van der Waals surface area contributed by atoms with E-state index in [1.54, 1.807) is 11.0 Å². The molecule has 116 valence electrons. The summed E-state index contributed by atoms with van der Waals surface area (Å²) in [7, 11) is 0. The van der Waals surface area contributed by atoms with Gasteiger partial charge in [-0.1, -0.05) is 0 Å². The highest BCUT2D eigenvalue weighted by molar-refractivity contribution is 5.94. The Morgan fingerprint density at radius 1 is 1.36 bits per heavy atom. The molecule has 1 aromatic carbocycles. The van der Waals surface area contributed by atoms with Crippen LogP contribution in [-0.4, -0.2) is 44.7 Å². The number of rotatable bonds is 3. The standard InChI is InChI=1S/C16H21N5O/c1-12(17)14-3-2-8-20(9-14)16(22)13-4-6-15(7-5-13)21-11-18-10-19-21/h4-7,10-12,14H,2-3,8-9,17H2,1H3/t12-,14-/m1/s1. The zero-order valence-electron chi connectivity index (χ0n) is 12.7. The van der Waals surface area contributed by atoms with Crippen molar-refractivity contribution >= 4 is 5.91 Å². The Morgan fingerprint density at radius 2 is 2.14 bits per heavy atom. The van der Waals surface area contributed by atoms with Crippen LogP contribution in [0.15, 0.2) is 36.9 Å². The van der Waals surface area contributed by atoms with Crippen molar-refractivity contribution in [3.05, 3.63) is 42.5 Å². The van der Waals surface area contributed by atoms with E-state index in [0.717, 1.165) is 31.6 Å². The summed E-state index contributed by atoms with van der Waals surface area (Å²) < 4.78 is 1.67. The number of carbonyl (C=O) groups excluding carboxylic acids is 1. The molecule has 0 radical (unpaired) electrons. The number of hydrogen-bond donors (Lipinski definition) is 1. The fourth-order valence-corrected chi connectivity index (χ4v) is 2.90. The number of hydrogen-bond acceptors (Lipinski definition) is 4. The SMILES string of the molecule is C[C@@H](N)[C@@H]1CCCN(C(=O)c2ccc(-n3cncn3)cc2)C1. The van der Waals surface area contributed by atoms with Crippen molar-refractivity contribution in [2.24, 2.45) is 11.7 Å². The van der Waals surface area contributed by atoms with Crippen LogP contribution in [0.1, 0.15) is 30.1 Å². The molecule has 2 N–H and O–H groups in total. The van der Waals surface area contributed by atoms with Crippen molar-refractivity contribution < 1.29 is 4.79 Å². The van der Waals surface area contributed by atoms with Gasteiger partial charge in [0.15, 0.2) is 0 Å². The van der Waals surface area contributed by atoms with Gasteiger partial charge in [-0.25, -0.2) is 9.67 Å². The highest BCUT2D eigenvalue weighted by Crippen LogP contribution is 2.21. The lowest BCUT2D eigenvalue weighted by Crippen LogP contribution is -2.45. The molecule has 1 aromatic heterocycles. The van der Waals surface area contributed by atoms with Gasteiger partial charge in [0.25, 0.3) is 5.91 Å². The second-order valence-electron chi connectivity index (χ2n) is 5.90. The quantitative estimate of drug-likeness (QED) is 0.931. The third-order valence-corrected chi connectivity index (χ3v) is 4.29. The first-order valence-corrected chi connectivity index (χ1v) is 7.65. The lowest BCUT2D eigenvalue weighted by Gasteiger charge is -2.34. The maximum atomic E-state index is 12.6. The van der Waals surface area contributed by atoms with Gasteiger partial charge in [-0.05, 0) is 49.9 Å². The molecule has 0 unspecified atom stereocenters. The molecule has 0 spiro atoms. The minimum Gasteiger partial charge on any atom is -0.338 e. The summed E-state index contributed by atoms with van der Waals surface area (Å²) in [5.74, 6) is 0.475. The van der Waals surface area contributed by atoms with Crippen molar-refractivity contribution in [2.75, 3.05) is 13.1 Å². The van der Waals surface area contributed by atoms with E-state index in [2.05, 4.69) is 10.1 Å². The number of carbonyl (C=O) groups is 1. The van der Waals surface area contributed by atoms with E-state index in [0.29, 0.717) is 11.5 Å².